The van der Waals surface area contributed by atoms with Crippen molar-refractivity contribution in [3.63, 3.8) is 0 Å². The summed E-state index contributed by atoms with van der Waals surface area (Å²) in [7, 11) is 0. The van der Waals surface area contributed by atoms with Crippen LogP contribution in [-0.2, 0) is 32.7 Å². The Kier molecular flexibility index (Phi) is 4.10. The van der Waals surface area contributed by atoms with Crippen molar-refractivity contribution in [1.29, 1.82) is 0 Å². The third kappa shape index (κ3) is 2.75. The van der Waals surface area contributed by atoms with Crippen LogP contribution in [0.5, 0.6) is 0 Å². The van der Waals surface area contributed by atoms with Crippen molar-refractivity contribution in [2.45, 2.75) is 0 Å². The molecule has 1 amide bonds. The van der Waals surface area contributed by atoms with Gasteiger partial charge in [-0.1, -0.05) is 12.3 Å². The predicted octanol–water partition coefficient (Wildman–Crippen LogP) is 2.44. The summed E-state index contributed by atoms with van der Waals surface area (Å²) in [6, 6.07) is 12.0. The summed E-state index contributed by atoms with van der Waals surface area (Å²) in [4.78, 5) is 16.5. The number of hydrogen-bond acceptors (Lipinski definition) is 4. The van der Waals surface area contributed by atoms with Gasteiger partial charge in [0.15, 0.2) is 1.41 Å². The quantitative estimate of drug-likeness (QED) is 0.690. The average molecular weight is 359 g/mol. The summed E-state index contributed by atoms with van der Waals surface area (Å²) in [6.45, 7) is 0. The first-order chi connectivity index (χ1) is 9.69. The largest absolute Gasteiger partial charge is 0.398 e. The molecule has 0 bridgehead atoms. The van der Waals surface area contributed by atoms with E-state index >= 15 is 0 Å². The van der Waals surface area contributed by atoms with E-state index in [1.807, 2.05) is 17.9 Å². The first kappa shape index (κ1) is 13.7. The van der Waals surface area contributed by atoms with Gasteiger partial charge in [-0.05, 0) is 28.5 Å². The second-order valence-corrected chi connectivity index (χ2v) is 5.14. The minimum Gasteiger partial charge on any atom is -0.398 e. The molecule has 0 unspecified atom stereocenters. The molecular weight excluding hydrogens is 347 g/mol. The fourth-order valence-corrected chi connectivity index (χ4v) is 2.95. The molecule has 1 radical (unpaired) electrons. The van der Waals surface area contributed by atoms with Crippen LogP contribution in [0.1, 0.15) is 10.4 Å². The second-order valence-electron chi connectivity index (χ2n) is 4.06. The number of aromatic nitrogens is 1. The van der Waals surface area contributed by atoms with Crippen LogP contribution in [-0.4, -0.2) is 10.9 Å². The summed E-state index contributed by atoms with van der Waals surface area (Å²) >= 11 is 1.57. The van der Waals surface area contributed by atoms with E-state index in [1.54, 1.807) is 29.5 Å². The summed E-state index contributed by atoms with van der Waals surface area (Å²) in [5.41, 5.74) is 9.03. The molecule has 0 atom stereocenters. The first-order valence-corrected chi connectivity index (χ1v) is 6.38. The third-order valence-electron chi connectivity index (χ3n) is 2.83. The van der Waals surface area contributed by atoms with Crippen LogP contribution in [0, 0.1) is 6.07 Å². The number of amides is 1. The fourth-order valence-electron chi connectivity index (χ4n) is 1.89. The van der Waals surface area contributed by atoms with E-state index in [9.17, 15) is 4.79 Å². The molecule has 97 valence electrons. The van der Waals surface area contributed by atoms with Crippen molar-refractivity contribution in [2.75, 3.05) is 5.73 Å². The number of nitrogen functional groups attached to an aromatic ring is 1. The molecule has 2 aromatic heterocycles. The Morgan fingerprint density at radius 1 is 1.40 bits per heavy atom. The average Bonchev–Trinajstić information content (AvgIpc) is 2.89. The zero-order valence-electron chi connectivity index (χ0n) is 11.4. The maximum atomic E-state index is 11.5. The molecule has 3 aromatic rings. The van der Waals surface area contributed by atoms with E-state index in [0.29, 0.717) is 11.4 Å². The third-order valence-corrected chi connectivity index (χ3v) is 3.98. The Labute approximate surface area is 146 Å². The van der Waals surface area contributed by atoms with E-state index in [2.05, 4.69) is 11.1 Å². The maximum Gasteiger partial charge on any atom is 0.248 e. The van der Waals surface area contributed by atoms with Gasteiger partial charge in [-0.25, -0.2) is 12.1 Å². The molecule has 6 heteroatoms. The molecule has 0 fully saturated rings. The summed E-state index contributed by atoms with van der Waals surface area (Å²) in [5, 5.41) is 0.939. The Bertz CT molecular complexity index is 806. The molecule has 0 aliphatic carbocycles. The molecule has 2 heterocycles. The van der Waals surface area contributed by atoms with Gasteiger partial charge in [0.25, 0.3) is 0 Å². The zero-order chi connectivity index (χ0) is 14.1. The number of pyridine rings is 1. The van der Waals surface area contributed by atoms with E-state index in [1.165, 1.54) is 6.20 Å². The van der Waals surface area contributed by atoms with Gasteiger partial charge in [0.1, 0.15) is 0 Å². The van der Waals surface area contributed by atoms with Crippen LogP contribution in [0.3, 0.4) is 0 Å². The van der Waals surface area contributed by atoms with Crippen molar-refractivity contribution >= 4 is 33.1 Å². The SMILES string of the molecule is [3H]NC(=O)c1ccc2sc(-c3c[c-]cnc3N)cc2c1.[Y]. The number of carbonyl (C=O) groups is 1. The Morgan fingerprint density at radius 3 is 3.00 bits per heavy atom. The van der Waals surface area contributed by atoms with Crippen LogP contribution in [0.2, 0.25) is 1.41 Å². The van der Waals surface area contributed by atoms with Gasteiger partial charge < -0.3 is 11.5 Å². The number of rotatable bonds is 2. The van der Waals surface area contributed by atoms with Gasteiger partial charge in [-0.2, -0.15) is 11.3 Å². The maximum absolute atomic E-state index is 11.5. The van der Waals surface area contributed by atoms with E-state index < -0.39 is 5.91 Å². The van der Waals surface area contributed by atoms with Gasteiger partial charge in [0, 0.05) is 48.8 Å². The van der Waals surface area contributed by atoms with Crippen LogP contribution in [0.15, 0.2) is 36.5 Å². The molecule has 0 spiro atoms. The molecule has 3 rings (SSSR count). The van der Waals surface area contributed by atoms with Crippen LogP contribution in [0.25, 0.3) is 20.5 Å². The van der Waals surface area contributed by atoms with E-state index in [-0.39, 0.29) is 32.7 Å². The van der Waals surface area contributed by atoms with E-state index in [4.69, 9.17) is 7.15 Å². The summed E-state index contributed by atoms with van der Waals surface area (Å²) in [5.74, 6) is 0.0355. The Balaban J connectivity index is 0.00000161. The summed E-state index contributed by atoms with van der Waals surface area (Å²) < 4.78 is 7.94. The van der Waals surface area contributed by atoms with Crippen LogP contribution in [0.4, 0.5) is 5.82 Å². The van der Waals surface area contributed by atoms with Crippen molar-refractivity contribution < 1.29 is 38.9 Å². The normalized spacial score (nSPS) is 10.7. The molecule has 0 saturated heterocycles. The minimum atomic E-state index is -0.422. The first-order valence-electron chi connectivity index (χ1n) is 6.06. The molecular formula is C14H10N3OSY-. The minimum absolute atomic E-state index is 0. The fraction of sp³-hybridized carbons (Fsp3) is 0. The standard InChI is InChI=1S/C14H10N3OS.Y/c15-13-10(2-1-5-17-13)12-7-9-6-8(14(16)18)3-4-11(9)19-12;/h2-7H,(H2,15,17)(H2,16,18);/q-1;/i/hT. The number of hydrogen-bond donors (Lipinski definition) is 2. The van der Waals surface area contributed by atoms with Crippen molar-refractivity contribution in [3.8, 4) is 10.4 Å². The topological polar surface area (TPSA) is 82.0 Å². The number of benzene rings is 1. The van der Waals surface area contributed by atoms with Crippen LogP contribution < -0.4 is 11.5 Å². The van der Waals surface area contributed by atoms with Crippen molar-refractivity contribution in [2.24, 2.45) is 5.73 Å². The van der Waals surface area contributed by atoms with Gasteiger partial charge in [0.05, 0.1) is 0 Å². The van der Waals surface area contributed by atoms with Gasteiger partial charge in [-0.3, -0.25) is 9.78 Å². The Morgan fingerprint density at radius 2 is 2.25 bits per heavy atom. The second kappa shape index (κ2) is 6.00. The molecule has 4 nitrogen and oxygen atoms in total. The number of carbonyl (C=O) groups excluding carboxylic acids is 1. The van der Waals surface area contributed by atoms with E-state index in [0.717, 1.165) is 20.5 Å². The van der Waals surface area contributed by atoms with Crippen molar-refractivity contribution in [1.82, 2.24) is 4.98 Å². The smallest absolute Gasteiger partial charge is 0.248 e. The summed E-state index contributed by atoms with van der Waals surface area (Å²) in [6.07, 6.45) is 1.53. The number of fused-ring (bicyclic) bond motifs is 1. The zero-order valence-corrected chi connectivity index (χ0v) is 14.0. The molecule has 1 aromatic carbocycles. The molecule has 20 heavy (non-hydrogen) atoms. The van der Waals surface area contributed by atoms with Gasteiger partial charge >= 0.3 is 0 Å². The molecule has 0 saturated carbocycles. The van der Waals surface area contributed by atoms with Gasteiger partial charge in [0.2, 0.25) is 5.91 Å². The van der Waals surface area contributed by atoms with Crippen LogP contribution >= 0.6 is 11.3 Å². The molecule has 0 aliphatic rings. The van der Waals surface area contributed by atoms with Crippen molar-refractivity contribution in [3.05, 3.63) is 48.2 Å². The number of anilines is 1. The number of primary amides is 1. The number of thiophene rings is 1. The predicted molar refractivity (Wildman–Crippen MR) is 76.8 cm³/mol. The molecule has 4 N–H and O–H groups in total. The Hall–Kier alpha value is -1.30. The monoisotopic (exact) mass is 359 g/mol. The van der Waals surface area contributed by atoms with Gasteiger partial charge in [-0.15, -0.1) is 5.56 Å². The number of nitrogens with zero attached hydrogens (tertiary/aromatic N) is 1. The molecule has 0 aliphatic heterocycles. The number of nitrogens with two attached hydrogens (primary N) is 2.